The van der Waals surface area contributed by atoms with Crippen LogP contribution in [0.1, 0.15) is 0 Å². The number of nitrogens with zero attached hydrogens (tertiary/aromatic N) is 4. The molecule has 2 aromatic heterocycles. The van der Waals surface area contributed by atoms with Crippen molar-refractivity contribution < 1.29 is 14.2 Å². The summed E-state index contributed by atoms with van der Waals surface area (Å²) in [5.41, 5.74) is 3.71. The molecule has 0 bridgehead atoms. The fourth-order valence-corrected chi connectivity index (χ4v) is 4.05. The summed E-state index contributed by atoms with van der Waals surface area (Å²) in [6.07, 6.45) is 4.04. The fraction of sp³-hybridized carbons (Fsp3) is 0.409. The highest BCUT2D eigenvalue weighted by Gasteiger charge is 2.18. The van der Waals surface area contributed by atoms with Crippen LogP contribution in [0, 0.1) is 0 Å². The number of ether oxygens (including phenoxy) is 3. The lowest BCUT2D eigenvalue weighted by molar-refractivity contribution is 0.144. The molecule has 0 saturated carbocycles. The van der Waals surface area contributed by atoms with E-state index in [1.54, 1.807) is 27.4 Å². The molecule has 3 aromatic rings. The molecule has 1 aliphatic rings. The lowest BCUT2D eigenvalue weighted by Gasteiger charge is -2.35. The molecule has 0 amide bonds. The molecule has 1 aromatic carbocycles. The lowest BCUT2D eigenvalue weighted by Crippen LogP contribution is -2.47. The molecule has 0 radical (unpaired) electrons. The van der Waals surface area contributed by atoms with Gasteiger partial charge in [0.05, 0.1) is 31.5 Å². The Kier molecular flexibility index (Phi) is 6.32. The molecule has 1 fully saturated rings. The van der Waals surface area contributed by atoms with E-state index < -0.39 is 0 Å². The Balaban J connectivity index is 1.57. The second-order valence-corrected chi connectivity index (χ2v) is 7.69. The van der Waals surface area contributed by atoms with Gasteiger partial charge in [-0.1, -0.05) is 11.6 Å². The van der Waals surface area contributed by atoms with Gasteiger partial charge in [-0.3, -0.25) is 4.90 Å². The molecule has 0 atom stereocenters. The largest absolute Gasteiger partial charge is 0.496 e. The van der Waals surface area contributed by atoms with E-state index in [2.05, 4.69) is 28.1 Å². The highest BCUT2D eigenvalue weighted by molar-refractivity contribution is 6.32. The van der Waals surface area contributed by atoms with E-state index in [1.165, 1.54) is 5.69 Å². The third kappa shape index (κ3) is 4.19. The van der Waals surface area contributed by atoms with E-state index in [9.17, 15) is 0 Å². The highest BCUT2D eigenvalue weighted by Crippen LogP contribution is 2.38. The van der Waals surface area contributed by atoms with Crippen LogP contribution in [0.15, 0.2) is 36.7 Å². The minimum atomic E-state index is 0.525. The molecule has 0 aliphatic carbocycles. The monoisotopic (exact) mass is 430 g/mol. The molecule has 160 valence electrons. The van der Waals surface area contributed by atoms with Gasteiger partial charge in [-0.25, -0.2) is 4.98 Å². The summed E-state index contributed by atoms with van der Waals surface area (Å²) in [5.74, 6) is 1.25. The number of piperazine rings is 1. The van der Waals surface area contributed by atoms with E-state index in [4.69, 9.17) is 30.8 Å². The zero-order valence-corrected chi connectivity index (χ0v) is 18.4. The topological polar surface area (TPSA) is 51.5 Å². The first-order valence-electron chi connectivity index (χ1n) is 10.00. The zero-order chi connectivity index (χ0) is 21.1. The van der Waals surface area contributed by atoms with Crippen LogP contribution < -0.4 is 14.4 Å². The van der Waals surface area contributed by atoms with Crippen molar-refractivity contribution in [1.82, 2.24) is 14.3 Å². The van der Waals surface area contributed by atoms with E-state index in [0.29, 0.717) is 16.5 Å². The smallest absolute Gasteiger partial charge is 0.141 e. The maximum Gasteiger partial charge on any atom is 0.141 e. The SMILES string of the molecule is COCCN1CCN(c2ccn3cc(-c4cc(Cl)c(OC)cc4OC)nc3c2)CC1. The van der Waals surface area contributed by atoms with Crippen LogP contribution in [0.25, 0.3) is 16.9 Å². The van der Waals surface area contributed by atoms with Crippen molar-refractivity contribution in [3.63, 3.8) is 0 Å². The summed E-state index contributed by atoms with van der Waals surface area (Å²) >= 11 is 6.34. The number of hydrogen-bond donors (Lipinski definition) is 0. The average molecular weight is 431 g/mol. The predicted octanol–water partition coefficient (Wildman–Crippen LogP) is 3.44. The predicted molar refractivity (Wildman–Crippen MR) is 119 cm³/mol. The van der Waals surface area contributed by atoms with E-state index >= 15 is 0 Å². The number of benzene rings is 1. The lowest BCUT2D eigenvalue weighted by atomic mass is 10.1. The van der Waals surface area contributed by atoms with Crippen molar-refractivity contribution in [1.29, 1.82) is 0 Å². The van der Waals surface area contributed by atoms with Crippen LogP contribution in [0.3, 0.4) is 0 Å². The number of aromatic nitrogens is 2. The van der Waals surface area contributed by atoms with Gasteiger partial charge in [-0.05, 0) is 12.1 Å². The first-order valence-corrected chi connectivity index (χ1v) is 10.4. The van der Waals surface area contributed by atoms with Crippen molar-refractivity contribution in [3.8, 4) is 22.8 Å². The van der Waals surface area contributed by atoms with Gasteiger partial charge < -0.3 is 23.5 Å². The zero-order valence-electron chi connectivity index (χ0n) is 17.6. The third-order valence-corrected chi connectivity index (χ3v) is 5.84. The van der Waals surface area contributed by atoms with Gasteiger partial charge in [0.15, 0.2) is 0 Å². The fourth-order valence-electron chi connectivity index (χ4n) is 3.81. The minimum absolute atomic E-state index is 0.525. The first-order chi connectivity index (χ1) is 14.6. The number of methoxy groups -OCH3 is 3. The Morgan fingerprint density at radius 3 is 2.47 bits per heavy atom. The Morgan fingerprint density at radius 1 is 1.00 bits per heavy atom. The molecule has 0 N–H and O–H groups in total. The van der Waals surface area contributed by atoms with Crippen molar-refractivity contribution in [2.75, 3.05) is 65.6 Å². The molecule has 0 spiro atoms. The number of rotatable bonds is 7. The average Bonchev–Trinajstić information content (AvgIpc) is 3.21. The number of hydrogen-bond acceptors (Lipinski definition) is 6. The van der Waals surface area contributed by atoms with Gasteiger partial charge in [-0.2, -0.15) is 0 Å². The third-order valence-electron chi connectivity index (χ3n) is 5.54. The molecule has 3 heterocycles. The van der Waals surface area contributed by atoms with Gasteiger partial charge in [0.25, 0.3) is 0 Å². The number of pyridine rings is 1. The van der Waals surface area contributed by atoms with Crippen LogP contribution >= 0.6 is 11.6 Å². The van der Waals surface area contributed by atoms with Gasteiger partial charge in [0, 0.05) is 75.6 Å². The molecular weight excluding hydrogens is 404 g/mol. The second kappa shape index (κ2) is 9.12. The van der Waals surface area contributed by atoms with Gasteiger partial charge in [0.2, 0.25) is 0 Å². The van der Waals surface area contributed by atoms with Gasteiger partial charge >= 0.3 is 0 Å². The Bertz CT molecular complexity index is 1020. The Labute approximate surface area is 181 Å². The maximum atomic E-state index is 6.34. The van der Waals surface area contributed by atoms with Crippen LogP contribution in [-0.4, -0.2) is 74.9 Å². The summed E-state index contributed by atoms with van der Waals surface area (Å²) in [6.45, 7) is 5.83. The second-order valence-electron chi connectivity index (χ2n) is 7.29. The van der Waals surface area contributed by atoms with E-state index in [1.807, 2.05) is 16.7 Å². The first kappa shape index (κ1) is 20.8. The van der Waals surface area contributed by atoms with Gasteiger partial charge in [0.1, 0.15) is 17.1 Å². The Morgan fingerprint density at radius 2 is 1.77 bits per heavy atom. The molecule has 30 heavy (non-hydrogen) atoms. The van der Waals surface area contributed by atoms with E-state index in [-0.39, 0.29) is 0 Å². The summed E-state index contributed by atoms with van der Waals surface area (Å²) < 4.78 is 18.0. The molecule has 1 saturated heterocycles. The molecular formula is C22H27ClN4O3. The number of imidazole rings is 1. The van der Waals surface area contributed by atoms with Gasteiger partial charge in [-0.15, -0.1) is 0 Å². The minimum Gasteiger partial charge on any atom is -0.496 e. The van der Waals surface area contributed by atoms with Crippen molar-refractivity contribution in [3.05, 3.63) is 41.7 Å². The van der Waals surface area contributed by atoms with Crippen LogP contribution in [0.5, 0.6) is 11.5 Å². The standard InChI is InChI=1S/C22H27ClN4O3/c1-28-11-10-25-6-8-26(9-7-25)16-4-5-27-15-19(24-22(27)12-16)17-13-18(23)21(30-3)14-20(17)29-2/h4-5,12-15H,6-11H2,1-3H3. The quantitative estimate of drug-likeness (QED) is 0.572. The van der Waals surface area contributed by atoms with Crippen LogP contribution in [0.2, 0.25) is 5.02 Å². The summed E-state index contributed by atoms with van der Waals surface area (Å²) in [4.78, 5) is 9.67. The number of fused-ring (bicyclic) bond motifs is 1. The molecule has 4 rings (SSSR count). The van der Waals surface area contributed by atoms with Crippen LogP contribution in [0.4, 0.5) is 5.69 Å². The summed E-state index contributed by atoms with van der Waals surface area (Å²) in [7, 11) is 4.97. The van der Waals surface area contributed by atoms with E-state index in [0.717, 1.165) is 56.2 Å². The van der Waals surface area contributed by atoms with Crippen LogP contribution in [-0.2, 0) is 4.74 Å². The number of anilines is 1. The normalized spacial score (nSPS) is 15.0. The van der Waals surface area contributed by atoms with Crippen molar-refractivity contribution >= 4 is 22.9 Å². The molecule has 1 aliphatic heterocycles. The number of halogens is 1. The highest BCUT2D eigenvalue weighted by atomic mass is 35.5. The summed E-state index contributed by atoms with van der Waals surface area (Å²) in [6, 6.07) is 7.89. The maximum absolute atomic E-state index is 6.34. The molecule has 7 nitrogen and oxygen atoms in total. The summed E-state index contributed by atoms with van der Waals surface area (Å²) in [5, 5.41) is 0.525. The molecule has 0 unspecified atom stereocenters. The Hall–Kier alpha value is -2.48. The van der Waals surface area contributed by atoms with Crippen molar-refractivity contribution in [2.24, 2.45) is 0 Å². The molecule has 8 heteroatoms. The van der Waals surface area contributed by atoms with Crippen molar-refractivity contribution in [2.45, 2.75) is 0 Å².